The van der Waals surface area contributed by atoms with Crippen LogP contribution in [0.5, 0.6) is 11.5 Å². The van der Waals surface area contributed by atoms with E-state index >= 15 is 0 Å². The van der Waals surface area contributed by atoms with Crippen molar-refractivity contribution >= 4 is 10.0 Å². The van der Waals surface area contributed by atoms with Crippen molar-refractivity contribution in [3.63, 3.8) is 0 Å². The number of nitrogens with one attached hydrogen (secondary N) is 1. The first-order valence-electron chi connectivity index (χ1n) is 7.43. The van der Waals surface area contributed by atoms with Crippen molar-refractivity contribution in [2.24, 2.45) is 5.92 Å². The highest BCUT2D eigenvalue weighted by Crippen LogP contribution is 2.42. The number of sulfonamides is 1. The Bertz CT molecular complexity index is 620. The van der Waals surface area contributed by atoms with Crippen molar-refractivity contribution < 1.29 is 17.9 Å². The van der Waals surface area contributed by atoms with Crippen molar-refractivity contribution in [1.82, 2.24) is 4.72 Å². The van der Waals surface area contributed by atoms with Crippen LogP contribution in [0, 0.1) is 5.92 Å². The van der Waals surface area contributed by atoms with Gasteiger partial charge < -0.3 is 9.47 Å². The van der Waals surface area contributed by atoms with Crippen LogP contribution in [0.2, 0.25) is 0 Å². The number of benzene rings is 1. The van der Waals surface area contributed by atoms with Gasteiger partial charge in [0.05, 0.1) is 13.2 Å². The van der Waals surface area contributed by atoms with Crippen molar-refractivity contribution in [2.75, 3.05) is 19.8 Å². The summed E-state index contributed by atoms with van der Waals surface area (Å²) in [4.78, 5) is 0.300. The molecule has 0 amide bonds. The molecule has 2 aliphatic rings. The van der Waals surface area contributed by atoms with E-state index in [1.165, 1.54) is 0 Å². The van der Waals surface area contributed by atoms with Gasteiger partial charge in [-0.25, -0.2) is 13.1 Å². The standard InChI is InChI=1S/C15H21NO4S/c1-10(2)3-6-16-21(17,18)15-12-5-8-19-13(12)9-11-4-7-20-14(11)15/h9-10,16H,3-8H2,1-2H3. The van der Waals surface area contributed by atoms with Gasteiger partial charge in [0.25, 0.3) is 0 Å². The van der Waals surface area contributed by atoms with E-state index in [1.807, 2.05) is 6.07 Å². The summed E-state index contributed by atoms with van der Waals surface area (Å²) in [5.41, 5.74) is 1.69. The van der Waals surface area contributed by atoms with E-state index in [1.54, 1.807) is 0 Å². The Morgan fingerprint density at radius 1 is 1.24 bits per heavy atom. The maximum absolute atomic E-state index is 12.7. The SMILES string of the molecule is CC(C)CCNS(=O)(=O)c1c2c(cc3c1OCC3)OCC2. The molecule has 0 unspecified atom stereocenters. The molecule has 3 rings (SSSR count). The smallest absolute Gasteiger partial charge is 0.244 e. The number of hydrogen-bond donors (Lipinski definition) is 1. The van der Waals surface area contributed by atoms with Gasteiger partial charge in [0, 0.05) is 30.5 Å². The molecular weight excluding hydrogens is 290 g/mol. The Morgan fingerprint density at radius 3 is 2.76 bits per heavy atom. The van der Waals surface area contributed by atoms with Crippen molar-refractivity contribution in [2.45, 2.75) is 38.0 Å². The maximum Gasteiger partial charge on any atom is 0.244 e. The monoisotopic (exact) mass is 311 g/mol. The summed E-state index contributed by atoms with van der Waals surface area (Å²) in [5.74, 6) is 1.68. The van der Waals surface area contributed by atoms with Gasteiger partial charge in [-0.05, 0) is 18.4 Å². The number of ether oxygens (including phenoxy) is 2. The molecule has 0 saturated heterocycles. The Kier molecular flexibility index (Phi) is 3.84. The van der Waals surface area contributed by atoms with Crippen molar-refractivity contribution in [1.29, 1.82) is 0 Å². The highest BCUT2D eigenvalue weighted by Gasteiger charge is 2.33. The molecule has 0 aliphatic carbocycles. The van der Waals surface area contributed by atoms with Gasteiger partial charge in [-0.1, -0.05) is 13.8 Å². The third-order valence-corrected chi connectivity index (χ3v) is 5.44. The Labute approximate surface area is 125 Å². The predicted octanol–water partition coefficient (Wildman–Crippen LogP) is 1.88. The minimum absolute atomic E-state index is 0.300. The van der Waals surface area contributed by atoms with E-state index in [4.69, 9.17) is 9.47 Å². The first-order chi connectivity index (χ1) is 9.99. The van der Waals surface area contributed by atoms with E-state index in [2.05, 4.69) is 18.6 Å². The minimum atomic E-state index is -3.56. The van der Waals surface area contributed by atoms with Crippen molar-refractivity contribution in [3.8, 4) is 11.5 Å². The topological polar surface area (TPSA) is 64.6 Å². The molecule has 0 spiro atoms. The maximum atomic E-state index is 12.7. The van der Waals surface area contributed by atoms with Crippen LogP contribution in [0.1, 0.15) is 31.4 Å². The van der Waals surface area contributed by atoms with Crippen LogP contribution in [0.25, 0.3) is 0 Å². The van der Waals surface area contributed by atoms with Gasteiger partial charge in [0.1, 0.15) is 16.4 Å². The molecule has 0 radical (unpaired) electrons. The first kappa shape index (κ1) is 14.7. The molecule has 116 valence electrons. The molecule has 5 nitrogen and oxygen atoms in total. The lowest BCUT2D eigenvalue weighted by molar-refractivity contribution is 0.347. The van der Waals surface area contributed by atoms with Crippen LogP contribution in [-0.2, 0) is 22.9 Å². The molecule has 1 N–H and O–H groups in total. The average Bonchev–Trinajstić information content (AvgIpc) is 3.01. The van der Waals surface area contributed by atoms with E-state index in [0.717, 1.165) is 24.0 Å². The summed E-state index contributed by atoms with van der Waals surface area (Å²) in [6.07, 6.45) is 2.17. The molecule has 0 fully saturated rings. The Hall–Kier alpha value is -1.27. The first-order valence-corrected chi connectivity index (χ1v) is 8.91. The second-order valence-electron chi connectivity index (χ2n) is 5.95. The summed E-state index contributed by atoms with van der Waals surface area (Å²) in [6.45, 7) is 5.66. The normalized spacial score (nSPS) is 16.5. The zero-order valence-electron chi connectivity index (χ0n) is 12.4. The predicted molar refractivity (Wildman–Crippen MR) is 79.5 cm³/mol. The van der Waals surface area contributed by atoms with Gasteiger partial charge in [-0.2, -0.15) is 0 Å². The van der Waals surface area contributed by atoms with E-state index in [-0.39, 0.29) is 0 Å². The Morgan fingerprint density at radius 2 is 2.00 bits per heavy atom. The van der Waals surface area contributed by atoms with Crippen LogP contribution >= 0.6 is 0 Å². The summed E-state index contributed by atoms with van der Waals surface area (Å²) in [5, 5.41) is 0. The zero-order valence-corrected chi connectivity index (χ0v) is 13.3. The van der Waals surface area contributed by atoms with E-state index < -0.39 is 10.0 Å². The van der Waals surface area contributed by atoms with Crippen LogP contribution in [0.3, 0.4) is 0 Å². The second kappa shape index (κ2) is 5.50. The van der Waals surface area contributed by atoms with Crippen LogP contribution < -0.4 is 14.2 Å². The quantitative estimate of drug-likeness (QED) is 0.902. The molecule has 6 heteroatoms. The van der Waals surface area contributed by atoms with E-state index in [9.17, 15) is 8.42 Å². The number of rotatable bonds is 5. The largest absolute Gasteiger partial charge is 0.493 e. The summed E-state index contributed by atoms with van der Waals surface area (Å²) in [7, 11) is -3.56. The number of hydrogen-bond acceptors (Lipinski definition) is 4. The van der Waals surface area contributed by atoms with Gasteiger partial charge in [0.15, 0.2) is 0 Å². The number of fused-ring (bicyclic) bond motifs is 2. The molecular formula is C15H21NO4S. The lowest BCUT2D eigenvalue weighted by atomic mass is 10.1. The third kappa shape index (κ3) is 2.74. The molecule has 0 atom stereocenters. The molecule has 21 heavy (non-hydrogen) atoms. The lowest BCUT2D eigenvalue weighted by Gasteiger charge is -2.14. The second-order valence-corrected chi connectivity index (χ2v) is 7.65. The molecule has 2 aliphatic heterocycles. The molecule has 0 aromatic heterocycles. The molecule has 0 saturated carbocycles. The van der Waals surface area contributed by atoms with Crippen LogP contribution in [-0.4, -0.2) is 28.2 Å². The average molecular weight is 311 g/mol. The van der Waals surface area contributed by atoms with Gasteiger partial charge >= 0.3 is 0 Å². The Balaban J connectivity index is 1.98. The highest BCUT2D eigenvalue weighted by atomic mass is 32.2. The molecule has 1 aromatic rings. The van der Waals surface area contributed by atoms with E-state index in [0.29, 0.717) is 48.5 Å². The fraction of sp³-hybridized carbons (Fsp3) is 0.600. The van der Waals surface area contributed by atoms with Crippen LogP contribution in [0.4, 0.5) is 0 Å². The molecule has 1 aromatic carbocycles. The molecule has 0 bridgehead atoms. The van der Waals surface area contributed by atoms with Crippen molar-refractivity contribution in [3.05, 3.63) is 17.2 Å². The minimum Gasteiger partial charge on any atom is -0.493 e. The van der Waals surface area contributed by atoms with Gasteiger partial charge in [0.2, 0.25) is 10.0 Å². The fourth-order valence-electron chi connectivity index (χ4n) is 2.78. The summed E-state index contributed by atoms with van der Waals surface area (Å²) < 4.78 is 39.2. The third-order valence-electron chi connectivity index (χ3n) is 3.88. The van der Waals surface area contributed by atoms with Gasteiger partial charge in [-0.15, -0.1) is 0 Å². The zero-order chi connectivity index (χ0) is 15.0. The highest BCUT2D eigenvalue weighted by molar-refractivity contribution is 7.89. The molecule has 2 heterocycles. The van der Waals surface area contributed by atoms with Gasteiger partial charge in [-0.3, -0.25) is 0 Å². The lowest BCUT2D eigenvalue weighted by Crippen LogP contribution is -2.27. The van der Waals surface area contributed by atoms with Crippen LogP contribution in [0.15, 0.2) is 11.0 Å². The summed E-state index contributed by atoms with van der Waals surface area (Å²) >= 11 is 0. The fourth-order valence-corrected chi connectivity index (χ4v) is 4.27. The summed E-state index contributed by atoms with van der Waals surface area (Å²) in [6, 6.07) is 1.93.